The highest BCUT2D eigenvalue weighted by Gasteiger charge is 2.12. The van der Waals surface area contributed by atoms with Crippen LogP contribution in [-0.4, -0.2) is 27.5 Å². The topological polar surface area (TPSA) is 82.2 Å². The number of anilines is 1. The fraction of sp³-hybridized carbons (Fsp3) is 0.188. The van der Waals surface area contributed by atoms with Gasteiger partial charge < -0.3 is 9.26 Å². The number of nitrogens with one attached hydrogen (secondary N) is 1. The summed E-state index contributed by atoms with van der Waals surface area (Å²) in [6, 6.07) is 7.48. The van der Waals surface area contributed by atoms with Gasteiger partial charge in [0, 0.05) is 24.9 Å². The van der Waals surface area contributed by atoms with Gasteiger partial charge in [0.1, 0.15) is 11.4 Å². The van der Waals surface area contributed by atoms with Crippen molar-refractivity contribution in [3.63, 3.8) is 0 Å². The van der Waals surface area contributed by atoms with E-state index < -0.39 is 6.61 Å². The molecule has 1 amide bonds. The Morgan fingerprint density at radius 2 is 2.12 bits per heavy atom. The van der Waals surface area contributed by atoms with Gasteiger partial charge in [0.25, 0.3) is 0 Å². The first-order valence-corrected chi connectivity index (χ1v) is 7.29. The Morgan fingerprint density at radius 3 is 2.76 bits per heavy atom. The van der Waals surface area contributed by atoms with Crippen molar-refractivity contribution in [2.75, 3.05) is 5.32 Å². The fourth-order valence-corrected chi connectivity index (χ4v) is 2.21. The number of carbonyl (C=O) groups excluding carboxylic acids is 1. The average molecular weight is 348 g/mol. The van der Waals surface area contributed by atoms with Crippen molar-refractivity contribution < 1.29 is 22.8 Å². The van der Waals surface area contributed by atoms with Crippen molar-refractivity contribution in [2.45, 2.75) is 13.0 Å². The first-order valence-electron chi connectivity index (χ1n) is 7.29. The van der Waals surface area contributed by atoms with E-state index in [1.165, 1.54) is 12.1 Å². The highest BCUT2D eigenvalue weighted by molar-refractivity contribution is 5.91. The number of hydrogen-bond acceptors (Lipinski definition) is 5. The molecule has 3 rings (SSSR count). The number of hydrogen-bond donors (Lipinski definition) is 1. The number of aromatic nitrogens is 3. The number of carbonyl (C=O) groups is 1. The molecule has 7 nitrogen and oxygen atoms in total. The summed E-state index contributed by atoms with van der Waals surface area (Å²) in [6.45, 7) is -2.88. The van der Waals surface area contributed by atoms with Gasteiger partial charge in [-0.1, -0.05) is 5.16 Å². The number of aryl methyl sites for hydroxylation is 1. The summed E-state index contributed by atoms with van der Waals surface area (Å²) in [4.78, 5) is 12.0. The van der Waals surface area contributed by atoms with Crippen molar-refractivity contribution in [2.24, 2.45) is 7.05 Å². The minimum Gasteiger partial charge on any atom is -0.435 e. The lowest BCUT2D eigenvalue weighted by atomic mass is 10.1. The van der Waals surface area contributed by atoms with Crippen molar-refractivity contribution in [1.29, 1.82) is 0 Å². The monoisotopic (exact) mass is 348 g/mol. The highest BCUT2D eigenvalue weighted by Crippen LogP contribution is 2.24. The molecule has 0 saturated carbocycles. The van der Waals surface area contributed by atoms with Gasteiger partial charge >= 0.3 is 6.61 Å². The molecule has 0 radical (unpaired) electrons. The molecule has 9 heteroatoms. The third-order valence-electron chi connectivity index (χ3n) is 3.27. The van der Waals surface area contributed by atoms with Gasteiger partial charge in [0.2, 0.25) is 11.8 Å². The molecule has 3 aromatic rings. The zero-order valence-electron chi connectivity index (χ0n) is 13.1. The van der Waals surface area contributed by atoms with E-state index in [-0.39, 0.29) is 24.0 Å². The van der Waals surface area contributed by atoms with Gasteiger partial charge in [-0.3, -0.25) is 14.8 Å². The molecule has 0 atom stereocenters. The average Bonchev–Trinajstić information content (AvgIpc) is 3.17. The van der Waals surface area contributed by atoms with Crippen molar-refractivity contribution in [3.8, 4) is 17.0 Å². The number of ether oxygens (including phenoxy) is 1. The summed E-state index contributed by atoms with van der Waals surface area (Å²) >= 11 is 0. The zero-order chi connectivity index (χ0) is 17.8. The molecule has 1 N–H and O–H groups in total. The van der Waals surface area contributed by atoms with E-state index in [4.69, 9.17) is 4.52 Å². The quantitative estimate of drug-likeness (QED) is 0.741. The standard InChI is InChI=1S/C16H14F2N4O3/c1-22-9-10(8-19-22)6-14(23)20-15-7-13(21-25-15)11-2-4-12(5-3-11)24-16(17)18/h2-5,7-9,16H,6H2,1H3,(H,20,23). The van der Waals surface area contributed by atoms with E-state index in [0.717, 1.165) is 5.56 Å². The first kappa shape index (κ1) is 16.6. The SMILES string of the molecule is Cn1cc(CC(=O)Nc2cc(-c3ccc(OC(F)F)cc3)no2)cn1. The molecule has 0 fully saturated rings. The van der Waals surface area contributed by atoms with E-state index in [0.29, 0.717) is 11.3 Å². The molecular weight excluding hydrogens is 334 g/mol. The number of nitrogens with zero attached hydrogens (tertiary/aromatic N) is 3. The minimum absolute atomic E-state index is 0.0484. The van der Waals surface area contributed by atoms with Crippen LogP contribution in [0.3, 0.4) is 0 Å². The zero-order valence-corrected chi connectivity index (χ0v) is 13.1. The predicted molar refractivity (Wildman–Crippen MR) is 84.1 cm³/mol. The van der Waals surface area contributed by atoms with Gasteiger partial charge in [-0.05, 0) is 29.8 Å². The molecular formula is C16H14F2N4O3. The van der Waals surface area contributed by atoms with Crippen LogP contribution in [0.25, 0.3) is 11.3 Å². The lowest BCUT2D eigenvalue weighted by molar-refractivity contribution is -0.115. The van der Waals surface area contributed by atoms with Crippen molar-refractivity contribution in [3.05, 3.63) is 48.3 Å². The van der Waals surface area contributed by atoms with E-state index >= 15 is 0 Å². The lowest BCUT2D eigenvalue weighted by Crippen LogP contribution is -2.13. The molecule has 0 aliphatic heterocycles. The molecule has 0 aliphatic rings. The van der Waals surface area contributed by atoms with Crippen LogP contribution in [0, 0.1) is 0 Å². The van der Waals surface area contributed by atoms with Crippen LogP contribution < -0.4 is 10.1 Å². The second-order valence-electron chi connectivity index (χ2n) is 5.23. The van der Waals surface area contributed by atoms with Crippen LogP contribution in [0.5, 0.6) is 5.75 Å². The third-order valence-corrected chi connectivity index (χ3v) is 3.27. The van der Waals surface area contributed by atoms with Gasteiger partial charge in [-0.2, -0.15) is 13.9 Å². The maximum absolute atomic E-state index is 12.1. The molecule has 130 valence electrons. The minimum atomic E-state index is -2.88. The van der Waals surface area contributed by atoms with Crippen molar-refractivity contribution >= 4 is 11.8 Å². The molecule has 2 heterocycles. The number of benzene rings is 1. The highest BCUT2D eigenvalue weighted by atomic mass is 19.3. The van der Waals surface area contributed by atoms with Gasteiger partial charge in [0.05, 0.1) is 12.6 Å². The molecule has 0 bridgehead atoms. The molecule has 0 saturated heterocycles. The van der Waals surface area contributed by atoms with E-state index in [9.17, 15) is 13.6 Å². The molecule has 25 heavy (non-hydrogen) atoms. The first-order chi connectivity index (χ1) is 12.0. The second-order valence-corrected chi connectivity index (χ2v) is 5.23. The summed E-state index contributed by atoms with van der Waals surface area (Å²) in [6.07, 6.45) is 3.51. The van der Waals surface area contributed by atoms with Crippen LogP contribution in [0.4, 0.5) is 14.7 Å². The van der Waals surface area contributed by atoms with Crippen LogP contribution in [0.1, 0.15) is 5.56 Å². The van der Waals surface area contributed by atoms with E-state index in [1.54, 1.807) is 42.3 Å². The number of alkyl halides is 2. The molecule has 0 unspecified atom stereocenters. The summed E-state index contributed by atoms with van der Waals surface area (Å²) in [5.74, 6) is -0.0274. The Morgan fingerprint density at radius 1 is 1.36 bits per heavy atom. The Balaban J connectivity index is 1.62. The van der Waals surface area contributed by atoms with Gasteiger partial charge in [0.15, 0.2) is 0 Å². The lowest BCUT2D eigenvalue weighted by Gasteiger charge is -2.04. The summed E-state index contributed by atoms with van der Waals surface area (Å²) < 4.78 is 35.2. The Hall–Kier alpha value is -3.23. The number of halogens is 2. The summed E-state index contributed by atoms with van der Waals surface area (Å²) in [7, 11) is 1.77. The smallest absolute Gasteiger partial charge is 0.387 e. The third kappa shape index (κ3) is 4.40. The Labute approximate surface area is 141 Å². The maximum atomic E-state index is 12.1. The molecule has 0 aliphatic carbocycles. The predicted octanol–water partition coefficient (Wildman–Crippen LogP) is 2.86. The van der Waals surface area contributed by atoms with Crippen molar-refractivity contribution in [1.82, 2.24) is 14.9 Å². The van der Waals surface area contributed by atoms with Crippen LogP contribution in [0.2, 0.25) is 0 Å². The molecule has 0 spiro atoms. The Bertz CT molecular complexity index is 858. The maximum Gasteiger partial charge on any atom is 0.387 e. The summed E-state index contributed by atoms with van der Waals surface area (Å²) in [5.41, 5.74) is 1.87. The van der Waals surface area contributed by atoms with Gasteiger partial charge in [-0.25, -0.2) is 0 Å². The summed E-state index contributed by atoms with van der Waals surface area (Å²) in [5, 5.41) is 10.4. The van der Waals surface area contributed by atoms with Crippen LogP contribution in [-0.2, 0) is 18.3 Å². The normalized spacial score (nSPS) is 10.9. The van der Waals surface area contributed by atoms with Crippen LogP contribution in [0.15, 0.2) is 47.2 Å². The van der Waals surface area contributed by atoms with E-state index in [1.807, 2.05) is 0 Å². The number of amides is 1. The Kier molecular flexibility index (Phi) is 4.73. The second kappa shape index (κ2) is 7.12. The largest absolute Gasteiger partial charge is 0.435 e. The molecule has 2 aromatic heterocycles. The van der Waals surface area contributed by atoms with Crippen LogP contribution >= 0.6 is 0 Å². The van der Waals surface area contributed by atoms with E-state index in [2.05, 4.69) is 20.3 Å². The number of rotatable bonds is 6. The van der Waals surface area contributed by atoms with Gasteiger partial charge in [-0.15, -0.1) is 0 Å². The molecule has 1 aromatic carbocycles. The fourth-order valence-electron chi connectivity index (χ4n) is 2.21.